The second-order valence-electron chi connectivity index (χ2n) is 5.18. The first-order chi connectivity index (χ1) is 9.64. The van der Waals surface area contributed by atoms with E-state index in [4.69, 9.17) is 15.5 Å². The fraction of sp³-hybridized carbons (Fsp3) is 0.333. The lowest BCUT2D eigenvalue weighted by Crippen LogP contribution is -2.53. The Morgan fingerprint density at radius 3 is 2.65 bits per heavy atom. The van der Waals surface area contributed by atoms with Crippen molar-refractivity contribution in [2.24, 2.45) is 5.73 Å². The maximum atomic E-state index is 5.90. The van der Waals surface area contributed by atoms with Gasteiger partial charge < -0.3 is 10.5 Å². The van der Waals surface area contributed by atoms with Crippen molar-refractivity contribution in [3.63, 3.8) is 0 Å². The van der Waals surface area contributed by atoms with Crippen molar-refractivity contribution < 1.29 is 4.74 Å². The van der Waals surface area contributed by atoms with Gasteiger partial charge in [-0.2, -0.15) is 0 Å². The monoisotopic (exact) mass is 333 g/mol. The minimum atomic E-state index is -0.220. The lowest BCUT2D eigenvalue weighted by Gasteiger charge is -2.39. The van der Waals surface area contributed by atoms with Crippen LogP contribution >= 0.6 is 15.9 Å². The van der Waals surface area contributed by atoms with E-state index >= 15 is 0 Å². The number of benzene rings is 1. The van der Waals surface area contributed by atoms with Crippen molar-refractivity contribution >= 4 is 15.9 Å². The van der Waals surface area contributed by atoms with Crippen molar-refractivity contribution in [2.45, 2.75) is 12.3 Å². The highest BCUT2D eigenvalue weighted by atomic mass is 79.9. The van der Waals surface area contributed by atoms with Crippen molar-refractivity contribution in [3.8, 4) is 11.3 Å². The normalized spacial score (nSPS) is 16.8. The Kier molecular flexibility index (Phi) is 3.58. The molecule has 0 atom stereocenters. The Labute approximate surface area is 126 Å². The summed E-state index contributed by atoms with van der Waals surface area (Å²) in [7, 11) is 0. The van der Waals surface area contributed by atoms with Gasteiger partial charge in [-0.25, -0.2) is 9.97 Å². The number of rotatable bonds is 3. The molecule has 2 aromatic rings. The fourth-order valence-corrected chi connectivity index (χ4v) is 2.79. The third kappa shape index (κ3) is 2.26. The third-order valence-corrected chi connectivity index (χ3v) is 4.32. The zero-order valence-electron chi connectivity index (χ0n) is 11.3. The number of aryl methyl sites for hydroxylation is 1. The Hall–Kier alpha value is -1.30. The van der Waals surface area contributed by atoms with Crippen LogP contribution in [0.4, 0.5) is 0 Å². The largest absolute Gasteiger partial charge is 0.379 e. The van der Waals surface area contributed by atoms with Crippen molar-refractivity contribution in [1.29, 1.82) is 0 Å². The highest BCUT2D eigenvalue weighted by Gasteiger charge is 2.42. The molecule has 2 N–H and O–H groups in total. The summed E-state index contributed by atoms with van der Waals surface area (Å²) in [5.74, 6) is 0.789. The molecule has 20 heavy (non-hydrogen) atoms. The number of halogens is 1. The van der Waals surface area contributed by atoms with Gasteiger partial charge in [0, 0.05) is 22.3 Å². The molecule has 1 aliphatic rings. The van der Waals surface area contributed by atoms with Crippen LogP contribution in [0.1, 0.15) is 11.5 Å². The molecule has 0 saturated carbocycles. The Morgan fingerprint density at radius 2 is 2.05 bits per heavy atom. The van der Waals surface area contributed by atoms with Crippen LogP contribution in [0.2, 0.25) is 0 Å². The summed E-state index contributed by atoms with van der Waals surface area (Å²) in [6, 6.07) is 10.0. The van der Waals surface area contributed by atoms with Gasteiger partial charge in [0.15, 0.2) is 0 Å². The van der Waals surface area contributed by atoms with Crippen LogP contribution in [0.15, 0.2) is 34.8 Å². The molecule has 1 saturated heterocycles. The molecule has 2 heterocycles. The number of hydrogen-bond donors (Lipinski definition) is 1. The molecule has 0 aliphatic carbocycles. The van der Waals surface area contributed by atoms with Gasteiger partial charge in [-0.15, -0.1) is 0 Å². The van der Waals surface area contributed by atoms with Crippen molar-refractivity contribution in [1.82, 2.24) is 9.97 Å². The average molecular weight is 334 g/mol. The summed E-state index contributed by atoms with van der Waals surface area (Å²) < 4.78 is 6.35. The summed E-state index contributed by atoms with van der Waals surface area (Å²) in [4.78, 5) is 9.30. The lowest BCUT2D eigenvalue weighted by atomic mass is 9.85. The van der Waals surface area contributed by atoms with Crippen LogP contribution in [0.25, 0.3) is 11.3 Å². The van der Waals surface area contributed by atoms with Gasteiger partial charge in [-0.3, -0.25) is 0 Å². The van der Waals surface area contributed by atoms with Gasteiger partial charge in [-0.05, 0) is 19.1 Å². The molecule has 1 fully saturated rings. The molecule has 5 heteroatoms. The molecule has 0 unspecified atom stereocenters. The fourth-order valence-electron chi connectivity index (χ4n) is 2.30. The minimum absolute atomic E-state index is 0.220. The molecule has 1 aliphatic heterocycles. The van der Waals surface area contributed by atoms with Crippen LogP contribution in [-0.4, -0.2) is 29.7 Å². The molecule has 0 spiro atoms. The van der Waals surface area contributed by atoms with Gasteiger partial charge >= 0.3 is 0 Å². The molecule has 1 aromatic heterocycles. The summed E-state index contributed by atoms with van der Waals surface area (Å²) in [6.07, 6.45) is 0. The molecule has 104 valence electrons. The maximum Gasteiger partial charge on any atom is 0.141 e. The molecule has 1 aromatic carbocycles. The SMILES string of the molecule is Cc1cc(-c2ccccc2Br)nc(C2(CN)COC2)n1. The first kappa shape index (κ1) is 13.7. The summed E-state index contributed by atoms with van der Waals surface area (Å²) in [5.41, 5.74) is 8.60. The Morgan fingerprint density at radius 1 is 1.30 bits per heavy atom. The van der Waals surface area contributed by atoms with Gasteiger partial charge in [0.2, 0.25) is 0 Å². The van der Waals surface area contributed by atoms with E-state index in [-0.39, 0.29) is 5.41 Å². The van der Waals surface area contributed by atoms with E-state index < -0.39 is 0 Å². The van der Waals surface area contributed by atoms with E-state index in [1.165, 1.54) is 0 Å². The van der Waals surface area contributed by atoms with Gasteiger partial charge in [-0.1, -0.05) is 34.1 Å². The number of nitrogens with two attached hydrogens (primary N) is 1. The van der Waals surface area contributed by atoms with Crippen LogP contribution in [0.5, 0.6) is 0 Å². The molecule has 0 radical (unpaired) electrons. The Balaban J connectivity index is 2.10. The molecule has 0 amide bonds. The number of ether oxygens (including phenoxy) is 1. The van der Waals surface area contributed by atoms with Crippen LogP contribution < -0.4 is 5.73 Å². The zero-order chi connectivity index (χ0) is 14.2. The number of aromatic nitrogens is 2. The average Bonchev–Trinajstić information content (AvgIpc) is 2.38. The third-order valence-electron chi connectivity index (χ3n) is 3.63. The van der Waals surface area contributed by atoms with Gasteiger partial charge in [0.05, 0.1) is 24.3 Å². The molecule has 0 bridgehead atoms. The standard InChI is InChI=1S/C15H16BrN3O/c1-10-6-13(11-4-2-3-5-12(11)16)19-14(18-10)15(7-17)8-20-9-15/h2-6H,7-9,17H2,1H3. The van der Waals surface area contributed by atoms with E-state index in [2.05, 4.69) is 20.9 Å². The summed E-state index contributed by atoms with van der Waals surface area (Å²) in [6.45, 7) is 3.69. The predicted molar refractivity (Wildman–Crippen MR) is 81.5 cm³/mol. The quantitative estimate of drug-likeness (QED) is 0.937. The number of hydrogen-bond acceptors (Lipinski definition) is 4. The van der Waals surface area contributed by atoms with E-state index in [0.29, 0.717) is 19.8 Å². The lowest BCUT2D eigenvalue weighted by molar-refractivity contribution is -0.0594. The zero-order valence-corrected chi connectivity index (χ0v) is 12.9. The highest BCUT2D eigenvalue weighted by Crippen LogP contribution is 2.32. The first-order valence-corrected chi connectivity index (χ1v) is 7.33. The first-order valence-electron chi connectivity index (χ1n) is 6.53. The van der Waals surface area contributed by atoms with E-state index in [1.807, 2.05) is 37.3 Å². The van der Waals surface area contributed by atoms with E-state index in [0.717, 1.165) is 27.2 Å². The Bertz CT molecular complexity index is 635. The number of nitrogens with zero attached hydrogens (tertiary/aromatic N) is 2. The van der Waals surface area contributed by atoms with Crippen LogP contribution in [0.3, 0.4) is 0 Å². The highest BCUT2D eigenvalue weighted by molar-refractivity contribution is 9.10. The van der Waals surface area contributed by atoms with E-state index in [9.17, 15) is 0 Å². The second kappa shape index (κ2) is 5.24. The topological polar surface area (TPSA) is 61.0 Å². The van der Waals surface area contributed by atoms with Crippen LogP contribution in [0, 0.1) is 6.92 Å². The van der Waals surface area contributed by atoms with Gasteiger partial charge in [0.25, 0.3) is 0 Å². The van der Waals surface area contributed by atoms with Crippen molar-refractivity contribution in [2.75, 3.05) is 19.8 Å². The summed E-state index contributed by atoms with van der Waals surface area (Å²) in [5, 5.41) is 0. The molecular formula is C15H16BrN3O. The maximum absolute atomic E-state index is 5.90. The van der Waals surface area contributed by atoms with Crippen molar-refractivity contribution in [3.05, 3.63) is 46.3 Å². The smallest absolute Gasteiger partial charge is 0.141 e. The summed E-state index contributed by atoms with van der Waals surface area (Å²) >= 11 is 3.57. The minimum Gasteiger partial charge on any atom is -0.379 e. The molecular weight excluding hydrogens is 318 g/mol. The second-order valence-corrected chi connectivity index (χ2v) is 6.03. The molecule has 4 nitrogen and oxygen atoms in total. The molecule has 3 rings (SSSR count). The van der Waals surface area contributed by atoms with Gasteiger partial charge in [0.1, 0.15) is 5.82 Å². The van der Waals surface area contributed by atoms with E-state index in [1.54, 1.807) is 0 Å². The predicted octanol–water partition coefficient (Wildman–Crippen LogP) is 2.44. The van der Waals surface area contributed by atoms with Crippen LogP contribution in [-0.2, 0) is 10.2 Å².